The fourth-order valence-electron chi connectivity index (χ4n) is 3.87. The van der Waals surface area contributed by atoms with Crippen LogP contribution in [0.15, 0.2) is 41.1 Å². The highest BCUT2D eigenvalue weighted by Crippen LogP contribution is 2.42. The average Bonchev–Trinajstić information content (AvgIpc) is 3.46. The summed E-state index contributed by atoms with van der Waals surface area (Å²) in [5.41, 5.74) is 1.55. The third-order valence-corrected chi connectivity index (χ3v) is 10.9. The summed E-state index contributed by atoms with van der Waals surface area (Å²) in [6.07, 6.45) is 13.6. The van der Waals surface area contributed by atoms with Gasteiger partial charge in [0, 0.05) is 19.5 Å². The minimum absolute atomic E-state index is 1.22. The molecule has 0 unspecified atom stereocenters. The van der Waals surface area contributed by atoms with Crippen LogP contribution in [0.5, 0.6) is 0 Å². The van der Waals surface area contributed by atoms with Crippen LogP contribution in [-0.2, 0) is 6.42 Å². The van der Waals surface area contributed by atoms with Crippen molar-refractivity contribution < 1.29 is 0 Å². The number of aryl methyl sites for hydroxylation is 1. The fraction of sp³-hybridized carbons (Fsp3) is 0.520. The topological polar surface area (TPSA) is 0 Å². The maximum absolute atomic E-state index is 6.39. The van der Waals surface area contributed by atoms with E-state index in [-0.39, 0.29) is 0 Å². The molecule has 0 amide bonds. The molecule has 0 aliphatic heterocycles. The highest BCUT2D eigenvalue weighted by molar-refractivity contribution is 7.26. The van der Waals surface area contributed by atoms with Gasteiger partial charge in [0.1, 0.15) is 7.38 Å². The number of unbranched alkanes of at least 4 members (excludes halogenated alkanes) is 8. The Labute approximate surface area is 201 Å². The van der Waals surface area contributed by atoms with Crippen LogP contribution in [0.4, 0.5) is 0 Å². The van der Waals surface area contributed by atoms with Gasteiger partial charge in [0.25, 0.3) is 0 Å². The molecule has 0 fully saturated rings. The lowest BCUT2D eigenvalue weighted by molar-refractivity contribution is 0.564. The Morgan fingerprint density at radius 2 is 1.30 bits per heavy atom. The molecular weight excluding hydrogens is 460 g/mol. The van der Waals surface area contributed by atoms with Gasteiger partial charge in [-0.1, -0.05) is 76.6 Å². The summed E-state index contributed by atoms with van der Waals surface area (Å²) in [5.74, 6) is 0. The first-order valence-corrected chi connectivity index (χ1v) is 18.2. The van der Waals surface area contributed by atoms with Gasteiger partial charge in [0.2, 0.25) is 0 Å². The van der Waals surface area contributed by atoms with Crippen molar-refractivity contribution in [3.63, 3.8) is 0 Å². The Bertz CT molecular complexity index is 829. The predicted octanol–water partition coefficient (Wildman–Crippen LogP) is 10.7. The average molecular weight is 495 g/mol. The van der Waals surface area contributed by atoms with E-state index < -0.39 is 7.38 Å². The van der Waals surface area contributed by atoms with Crippen molar-refractivity contribution in [3.05, 3.63) is 46.7 Å². The number of thiophene rings is 3. The van der Waals surface area contributed by atoms with Crippen LogP contribution in [0.3, 0.4) is 0 Å². The van der Waals surface area contributed by atoms with Crippen LogP contribution >= 0.6 is 45.1 Å². The summed E-state index contributed by atoms with van der Waals surface area (Å²) in [7, 11) is -1.34. The van der Waals surface area contributed by atoms with E-state index in [1.165, 1.54) is 89.8 Å². The molecule has 0 atom stereocenters. The smallest absolute Gasteiger partial charge is 0.150 e. The first kappa shape index (κ1) is 24.3. The second kappa shape index (κ2) is 12.6. The van der Waals surface area contributed by atoms with Crippen LogP contribution in [-0.4, -0.2) is 7.38 Å². The monoisotopic (exact) mass is 494 g/mol. The first-order valence-electron chi connectivity index (χ1n) is 11.4. The van der Waals surface area contributed by atoms with Crippen molar-refractivity contribution in [3.8, 4) is 19.5 Å². The molecule has 3 heterocycles. The molecule has 30 heavy (non-hydrogen) atoms. The van der Waals surface area contributed by atoms with Gasteiger partial charge in [-0.3, -0.25) is 0 Å². The van der Waals surface area contributed by atoms with E-state index in [0.717, 1.165) is 0 Å². The van der Waals surface area contributed by atoms with Gasteiger partial charge in [-0.05, 0) is 53.4 Å². The van der Waals surface area contributed by atoms with E-state index in [1.54, 1.807) is 5.56 Å². The molecule has 0 aliphatic rings. The van der Waals surface area contributed by atoms with E-state index in [2.05, 4.69) is 54.2 Å². The normalized spacial score (nSPS) is 12.0. The van der Waals surface area contributed by atoms with Gasteiger partial charge in [0.05, 0.1) is 0 Å². The zero-order valence-electron chi connectivity index (χ0n) is 18.4. The molecule has 0 aromatic carbocycles. The van der Waals surface area contributed by atoms with Crippen molar-refractivity contribution in [1.29, 1.82) is 0 Å². The molecule has 0 bridgehead atoms. The van der Waals surface area contributed by atoms with E-state index in [4.69, 9.17) is 11.1 Å². The zero-order valence-corrected chi connectivity index (χ0v) is 22.6. The Balaban J connectivity index is 1.35. The van der Waals surface area contributed by atoms with Crippen molar-refractivity contribution in [2.45, 2.75) is 83.3 Å². The van der Waals surface area contributed by atoms with Gasteiger partial charge in [0.15, 0.2) is 0 Å². The minimum Gasteiger partial charge on any atom is -0.168 e. The summed E-state index contributed by atoms with van der Waals surface area (Å²) in [4.78, 5) is 5.76. The van der Waals surface area contributed by atoms with E-state index in [9.17, 15) is 0 Å². The van der Waals surface area contributed by atoms with Crippen molar-refractivity contribution in [2.24, 2.45) is 0 Å². The number of hydrogen-bond acceptors (Lipinski definition) is 3. The Morgan fingerprint density at radius 1 is 0.733 bits per heavy atom. The number of halogens is 1. The number of rotatable bonds is 14. The highest BCUT2D eigenvalue weighted by atomic mass is 35.6. The molecule has 3 rings (SSSR count). The Morgan fingerprint density at radius 3 is 1.87 bits per heavy atom. The van der Waals surface area contributed by atoms with Crippen LogP contribution in [0.2, 0.25) is 19.1 Å². The molecule has 164 valence electrons. The van der Waals surface area contributed by atoms with E-state index in [0.29, 0.717) is 0 Å². The second-order valence-corrected chi connectivity index (χ2v) is 18.8. The lowest BCUT2D eigenvalue weighted by Gasteiger charge is -2.11. The standard InChI is InChI=1S/C25H35ClS3Si/c1-30(2,26)19-11-9-7-5-3-4-6-8-10-14-21-20-24(22-15-12-17-27-22)29-25(21)23-16-13-18-28-23/h12-13,15-18,20H,3-11,14,19H2,1-2H3. The second-order valence-electron chi connectivity index (χ2n) is 8.82. The lowest BCUT2D eigenvalue weighted by Crippen LogP contribution is -2.14. The molecular formula is C25H35ClS3Si. The Hall–Kier alpha value is -0.393. The molecule has 3 aromatic rings. The maximum Gasteiger partial charge on any atom is 0.150 e. The van der Waals surface area contributed by atoms with Gasteiger partial charge in [-0.25, -0.2) is 0 Å². The van der Waals surface area contributed by atoms with Crippen LogP contribution in [0.25, 0.3) is 19.5 Å². The zero-order chi connectivity index (χ0) is 21.2. The summed E-state index contributed by atoms with van der Waals surface area (Å²) in [6, 6.07) is 12.6. The quantitative estimate of drug-likeness (QED) is 0.119. The fourth-order valence-corrected chi connectivity index (χ4v) is 8.28. The maximum atomic E-state index is 6.39. The molecule has 0 spiro atoms. The predicted molar refractivity (Wildman–Crippen MR) is 144 cm³/mol. The first-order chi connectivity index (χ1) is 14.5. The summed E-state index contributed by atoms with van der Waals surface area (Å²) in [5, 5.41) is 4.38. The molecule has 0 radical (unpaired) electrons. The van der Waals surface area contributed by atoms with Crippen LogP contribution < -0.4 is 0 Å². The highest BCUT2D eigenvalue weighted by Gasteiger charge is 2.15. The van der Waals surface area contributed by atoms with Gasteiger partial charge >= 0.3 is 0 Å². The van der Waals surface area contributed by atoms with Crippen LogP contribution in [0.1, 0.15) is 63.4 Å². The largest absolute Gasteiger partial charge is 0.168 e. The SMILES string of the molecule is C[Si](C)(Cl)CCCCCCCCCCCc1cc(-c2cccs2)sc1-c1cccs1. The van der Waals surface area contributed by atoms with Gasteiger partial charge < -0.3 is 0 Å². The van der Waals surface area contributed by atoms with Crippen molar-refractivity contribution in [2.75, 3.05) is 0 Å². The van der Waals surface area contributed by atoms with Gasteiger partial charge in [-0.15, -0.1) is 34.0 Å². The Kier molecular flexibility index (Phi) is 10.2. The third-order valence-electron chi connectivity index (χ3n) is 5.54. The molecule has 0 aliphatic carbocycles. The van der Waals surface area contributed by atoms with Crippen LogP contribution in [0, 0.1) is 0 Å². The molecule has 0 saturated carbocycles. The molecule has 0 saturated heterocycles. The molecule has 0 nitrogen and oxygen atoms in total. The molecule has 3 aromatic heterocycles. The summed E-state index contributed by atoms with van der Waals surface area (Å²) < 4.78 is 0. The van der Waals surface area contributed by atoms with Crippen molar-refractivity contribution >= 4 is 52.5 Å². The van der Waals surface area contributed by atoms with E-state index >= 15 is 0 Å². The summed E-state index contributed by atoms with van der Waals surface area (Å²) in [6.45, 7) is 4.52. The molecule has 5 heteroatoms. The third kappa shape index (κ3) is 8.27. The minimum atomic E-state index is -1.34. The summed E-state index contributed by atoms with van der Waals surface area (Å²) >= 11 is 12.1. The number of hydrogen-bond donors (Lipinski definition) is 0. The lowest BCUT2D eigenvalue weighted by atomic mass is 10.0. The van der Waals surface area contributed by atoms with Crippen molar-refractivity contribution in [1.82, 2.24) is 0 Å². The van der Waals surface area contributed by atoms with Gasteiger partial charge in [-0.2, -0.15) is 11.1 Å². The van der Waals surface area contributed by atoms with E-state index in [1.807, 2.05) is 34.0 Å². The molecule has 0 N–H and O–H groups in total.